The molecule has 3 aliphatic heterocycles. The molecule has 35 heavy (non-hydrogen) atoms. The highest BCUT2D eigenvalue weighted by Crippen LogP contribution is 2.54. The van der Waals surface area contributed by atoms with Crippen LogP contribution in [0.25, 0.3) is 10.9 Å². The van der Waals surface area contributed by atoms with Crippen LogP contribution in [0.15, 0.2) is 53.3 Å². The first-order valence-corrected chi connectivity index (χ1v) is 11.7. The number of aromatic nitrogens is 2. The number of para-hydroxylation sites is 2. The third-order valence-corrected chi connectivity index (χ3v) is 7.25. The molecule has 4 atom stereocenters. The summed E-state index contributed by atoms with van der Waals surface area (Å²) in [7, 11) is 0. The number of hydrogen-bond acceptors (Lipinski definition) is 7. The minimum Gasteiger partial charge on any atom is -0.449 e. The average molecular weight is 473 g/mol. The summed E-state index contributed by atoms with van der Waals surface area (Å²) in [5.74, 6) is -1.57. The Balaban J connectivity index is 1.55. The van der Waals surface area contributed by atoms with Gasteiger partial charge in [0.1, 0.15) is 12.2 Å². The van der Waals surface area contributed by atoms with Gasteiger partial charge in [0, 0.05) is 17.9 Å². The fourth-order valence-corrected chi connectivity index (χ4v) is 5.56. The molecule has 0 saturated carbocycles. The number of anilines is 1. The molecular formula is C26H24N4O5. The molecule has 3 aliphatic rings. The molecule has 3 aromatic rings. The van der Waals surface area contributed by atoms with E-state index in [4.69, 9.17) is 4.74 Å². The van der Waals surface area contributed by atoms with Crippen molar-refractivity contribution < 1.29 is 19.1 Å². The molecule has 2 saturated heterocycles. The summed E-state index contributed by atoms with van der Waals surface area (Å²) in [5.41, 5.74) is 0.114. The third kappa shape index (κ3) is 2.81. The zero-order valence-corrected chi connectivity index (χ0v) is 19.5. The van der Waals surface area contributed by atoms with Crippen LogP contribution in [0.3, 0.4) is 0 Å². The Morgan fingerprint density at radius 2 is 1.83 bits per heavy atom. The van der Waals surface area contributed by atoms with Crippen molar-refractivity contribution in [3.8, 4) is 0 Å². The van der Waals surface area contributed by atoms with Crippen LogP contribution in [0.4, 0.5) is 5.69 Å². The van der Waals surface area contributed by atoms with Gasteiger partial charge in [-0.05, 0) is 25.1 Å². The van der Waals surface area contributed by atoms with E-state index in [0.29, 0.717) is 22.2 Å². The van der Waals surface area contributed by atoms with Gasteiger partial charge in [0.2, 0.25) is 11.7 Å². The number of ketones is 1. The maximum Gasteiger partial charge on any atom is 0.330 e. The van der Waals surface area contributed by atoms with Crippen LogP contribution < -0.4 is 15.8 Å². The zero-order chi connectivity index (χ0) is 24.6. The molecule has 0 unspecified atom stereocenters. The van der Waals surface area contributed by atoms with E-state index < -0.39 is 41.3 Å². The van der Waals surface area contributed by atoms with Crippen LogP contribution in [0, 0.1) is 5.92 Å². The summed E-state index contributed by atoms with van der Waals surface area (Å²) in [6.45, 7) is 5.22. The normalized spacial score (nSPS) is 27.1. The number of benzene rings is 2. The SMILES string of the molecule is CC(C)C(=O)c1nc2ccccc2c(=O)n1[C@H]1C[C@@]2(OC1=O)c1ccccc1N1C(=O)[C@@H](C)N[C@@H]12. The highest BCUT2D eigenvalue weighted by Gasteiger charge is 2.64. The predicted octanol–water partition coefficient (Wildman–Crippen LogP) is 2.28. The van der Waals surface area contributed by atoms with E-state index in [9.17, 15) is 19.2 Å². The number of ether oxygens (including phenoxy) is 1. The molecule has 2 aromatic carbocycles. The topological polar surface area (TPSA) is 111 Å². The molecule has 1 aromatic heterocycles. The van der Waals surface area contributed by atoms with Crippen LogP contribution in [-0.2, 0) is 19.9 Å². The summed E-state index contributed by atoms with van der Waals surface area (Å²) >= 11 is 0. The summed E-state index contributed by atoms with van der Waals surface area (Å²) in [6, 6.07) is 12.6. The summed E-state index contributed by atoms with van der Waals surface area (Å²) in [6.07, 6.45) is -0.528. The minimum absolute atomic E-state index is 0.0605. The van der Waals surface area contributed by atoms with E-state index >= 15 is 0 Å². The Kier molecular flexibility index (Phi) is 4.53. The van der Waals surface area contributed by atoms with Crippen LogP contribution >= 0.6 is 0 Å². The second-order valence-corrected chi connectivity index (χ2v) is 9.69. The maximum atomic E-state index is 13.7. The van der Waals surface area contributed by atoms with Crippen molar-refractivity contribution in [2.24, 2.45) is 5.92 Å². The molecule has 6 rings (SSSR count). The van der Waals surface area contributed by atoms with Crippen LogP contribution in [-0.4, -0.2) is 39.4 Å². The molecule has 9 nitrogen and oxygen atoms in total. The molecule has 0 radical (unpaired) electrons. The Bertz CT molecular complexity index is 1490. The van der Waals surface area contributed by atoms with Gasteiger partial charge in [-0.1, -0.05) is 44.2 Å². The molecule has 2 fully saturated rings. The smallest absolute Gasteiger partial charge is 0.330 e. The van der Waals surface area contributed by atoms with Crippen molar-refractivity contribution in [3.05, 3.63) is 70.3 Å². The summed E-state index contributed by atoms with van der Waals surface area (Å²) < 4.78 is 7.28. The van der Waals surface area contributed by atoms with E-state index in [0.717, 1.165) is 0 Å². The van der Waals surface area contributed by atoms with Crippen molar-refractivity contribution in [1.82, 2.24) is 14.9 Å². The standard InChI is InChI=1S/C26H24N4O5/c1-13(2)20(31)21-28-17-10-6-4-8-15(17)23(33)29(21)19-12-26(35-24(19)34)16-9-5-7-11-18(16)30-22(32)14(3)27-25(26)30/h4-11,13-14,19,25,27H,12H2,1-3H3/t14-,19+,25+,26-/m1/s1. The number of amides is 1. The number of fused-ring (bicyclic) bond motifs is 6. The Morgan fingerprint density at radius 3 is 2.60 bits per heavy atom. The first-order valence-electron chi connectivity index (χ1n) is 11.7. The first-order chi connectivity index (χ1) is 16.7. The lowest BCUT2D eigenvalue weighted by molar-refractivity contribution is -0.152. The zero-order valence-electron chi connectivity index (χ0n) is 19.5. The number of nitrogens with zero attached hydrogens (tertiary/aromatic N) is 3. The number of carbonyl (C=O) groups excluding carboxylic acids is 3. The predicted molar refractivity (Wildman–Crippen MR) is 127 cm³/mol. The lowest BCUT2D eigenvalue weighted by Crippen LogP contribution is -2.49. The second kappa shape index (κ2) is 7.32. The number of esters is 1. The van der Waals surface area contributed by atoms with Crippen molar-refractivity contribution in [3.63, 3.8) is 0 Å². The highest BCUT2D eigenvalue weighted by molar-refractivity contribution is 6.03. The van der Waals surface area contributed by atoms with Gasteiger partial charge in [-0.15, -0.1) is 0 Å². The fraction of sp³-hybridized carbons (Fsp3) is 0.346. The van der Waals surface area contributed by atoms with Gasteiger partial charge in [0.15, 0.2) is 11.4 Å². The molecule has 9 heteroatoms. The van der Waals surface area contributed by atoms with Crippen LogP contribution in [0.2, 0.25) is 0 Å². The number of hydrogen-bond donors (Lipinski definition) is 1. The molecule has 178 valence electrons. The molecule has 1 spiro atoms. The van der Waals surface area contributed by atoms with Crippen LogP contribution in [0.5, 0.6) is 0 Å². The van der Waals surface area contributed by atoms with E-state index in [1.165, 1.54) is 4.57 Å². The first kappa shape index (κ1) is 21.7. The van der Waals surface area contributed by atoms with Gasteiger partial charge in [-0.2, -0.15) is 0 Å². The summed E-state index contributed by atoms with van der Waals surface area (Å²) in [5, 5.41) is 3.58. The van der Waals surface area contributed by atoms with Gasteiger partial charge in [0.05, 0.1) is 22.6 Å². The lowest BCUT2D eigenvalue weighted by atomic mass is 9.88. The number of Topliss-reactive ketones (excluding diaryl/α,β-unsaturated/α-hetero) is 1. The molecule has 1 N–H and O–H groups in total. The number of carbonyl (C=O) groups is 3. The maximum absolute atomic E-state index is 13.7. The lowest BCUT2D eigenvalue weighted by Gasteiger charge is -2.30. The number of nitrogens with one attached hydrogen (secondary N) is 1. The van der Waals surface area contributed by atoms with Gasteiger partial charge in [0.25, 0.3) is 5.56 Å². The largest absolute Gasteiger partial charge is 0.449 e. The van der Waals surface area contributed by atoms with E-state index in [1.807, 2.05) is 24.3 Å². The Hall–Kier alpha value is -3.85. The Labute approximate surface area is 200 Å². The van der Waals surface area contributed by atoms with Crippen molar-refractivity contribution >= 4 is 34.3 Å². The molecular weight excluding hydrogens is 448 g/mol. The Morgan fingerprint density at radius 1 is 1.11 bits per heavy atom. The van der Waals surface area contributed by atoms with Gasteiger partial charge < -0.3 is 4.74 Å². The monoisotopic (exact) mass is 472 g/mol. The molecule has 1 amide bonds. The van der Waals surface area contributed by atoms with Crippen molar-refractivity contribution in [1.29, 1.82) is 0 Å². The molecule has 0 aliphatic carbocycles. The molecule has 0 bridgehead atoms. The number of rotatable bonds is 3. The van der Waals surface area contributed by atoms with E-state index in [-0.39, 0.29) is 23.9 Å². The fourth-order valence-electron chi connectivity index (χ4n) is 5.56. The van der Waals surface area contributed by atoms with Crippen molar-refractivity contribution in [2.45, 2.75) is 51.0 Å². The van der Waals surface area contributed by atoms with Gasteiger partial charge in [-0.25, -0.2) is 9.78 Å². The van der Waals surface area contributed by atoms with Gasteiger partial charge in [-0.3, -0.25) is 29.2 Å². The minimum atomic E-state index is -1.19. The van der Waals surface area contributed by atoms with E-state index in [2.05, 4.69) is 10.3 Å². The van der Waals surface area contributed by atoms with Gasteiger partial charge >= 0.3 is 5.97 Å². The quantitative estimate of drug-likeness (QED) is 0.460. The van der Waals surface area contributed by atoms with Crippen molar-refractivity contribution in [2.75, 3.05) is 4.90 Å². The average Bonchev–Trinajstić information content (AvgIpc) is 3.44. The second-order valence-electron chi connectivity index (χ2n) is 9.69. The molecule has 4 heterocycles. The summed E-state index contributed by atoms with van der Waals surface area (Å²) in [4.78, 5) is 59.4. The third-order valence-electron chi connectivity index (χ3n) is 7.25. The highest BCUT2D eigenvalue weighted by atomic mass is 16.6. The van der Waals surface area contributed by atoms with Crippen LogP contribution in [0.1, 0.15) is 49.4 Å². The van der Waals surface area contributed by atoms with E-state index in [1.54, 1.807) is 49.9 Å².